The van der Waals surface area contributed by atoms with E-state index in [0.717, 1.165) is 12.1 Å². The van der Waals surface area contributed by atoms with Crippen LogP contribution in [0.4, 0.5) is 17.6 Å². The number of aromatic nitrogens is 1. The number of benzene rings is 2. The SMILES string of the molecule is OCc1nc(-c2cccc(F)c2F)ccc1-c1cccc(F)c1F. The Morgan fingerprint density at radius 1 is 0.708 bits per heavy atom. The summed E-state index contributed by atoms with van der Waals surface area (Å²) in [5.74, 6) is -4.20. The van der Waals surface area contributed by atoms with Crippen molar-refractivity contribution < 1.29 is 22.7 Å². The van der Waals surface area contributed by atoms with Gasteiger partial charge in [-0.3, -0.25) is 0 Å². The van der Waals surface area contributed by atoms with Crippen LogP contribution in [0.25, 0.3) is 22.4 Å². The molecule has 0 saturated heterocycles. The largest absolute Gasteiger partial charge is 0.390 e. The Morgan fingerprint density at radius 3 is 1.92 bits per heavy atom. The monoisotopic (exact) mass is 333 g/mol. The van der Waals surface area contributed by atoms with Gasteiger partial charge in [-0.15, -0.1) is 0 Å². The summed E-state index contributed by atoms with van der Waals surface area (Å²) < 4.78 is 54.6. The Kier molecular flexibility index (Phi) is 4.31. The summed E-state index contributed by atoms with van der Waals surface area (Å²) in [6.07, 6.45) is 0. The van der Waals surface area contributed by atoms with Crippen LogP contribution in [0.1, 0.15) is 5.69 Å². The zero-order valence-corrected chi connectivity index (χ0v) is 12.2. The van der Waals surface area contributed by atoms with E-state index in [1.807, 2.05) is 0 Å². The first-order valence-corrected chi connectivity index (χ1v) is 7.02. The maximum absolute atomic E-state index is 14.0. The molecule has 0 bridgehead atoms. The van der Waals surface area contributed by atoms with Gasteiger partial charge in [-0.2, -0.15) is 0 Å². The summed E-state index contributed by atoms with van der Waals surface area (Å²) in [7, 11) is 0. The molecule has 0 aliphatic heterocycles. The van der Waals surface area contributed by atoms with Crippen molar-refractivity contribution >= 4 is 0 Å². The van der Waals surface area contributed by atoms with E-state index in [0.29, 0.717) is 0 Å². The summed E-state index contributed by atoms with van der Waals surface area (Å²) in [5.41, 5.74) is 0.126. The second-order valence-electron chi connectivity index (χ2n) is 5.05. The highest BCUT2D eigenvalue weighted by molar-refractivity contribution is 5.70. The molecule has 2 nitrogen and oxygen atoms in total. The molecular formula is C18H11F4NO. The second-order valence-corrected chi connectivity index (χ2v) is 5.05. The van der Waals surface area contributed by atoms with Crippen molar-refractivity contribution in [3.63, 3.8) is 0 Å². The van der Waals surface area contributed by atoms with Crippen LogP contribution in [0.15, 0.2) is 48.5 Å². The van der Waals surface area contributed by atoms with Crippen LogP contribution in [-0.4, -0.2) is 10.1 Å². The molecule has 6 heteroatoms. The van der Waals surface area contributed by atoms with Gasteiger partial charge in [0, 0.05) is 16.7 Å². The fourth-order valence-corrected chi connectivity index (χ4v) is 2.43. The molecule has 3 rings (SSSR count). The lowest BCUT2D eigenvalue weighted by Gasteiger charge is -2.11. The molecule has 0 radical (unpaired) electrons. The third kappa shape index (κ3) is 2.76. The summed E-state index contributed by atoms with van der Waals surface area (Å²) in [6, 6.07) is 10.0. The van der Waals surface area contributed by atoms with Gasteiger partial charge >= 0.3 is 0 Å². The molecule has 3 aromatic rings. The van der Waals surface area contributed by atoms with Gasteiger partial charge in [-0.05, 0) is 24.3 Å². The Hall–Kier alpha value is -2.73. The van der Waals surface area contributed by atoms with Crippen LogP contribution in [0, 0.1) is 23.3 Å². The van der Waals surface area contributed by atoms with E-state index in [1.54, 1.807) is 0 Å². The number of halogens is 4. The number of pyridine rings is 1. The Morgan fingerprint density at radius 2 is 1.29 bits per heavy atom. The minimum absolute atomic E-state index is 0.0284. The lowest BCUT2D eigenvalue weighted by molar-refractivity contribution is 0.277. The molecule has 2 aromatic carbocycles. The van der Waals surface area contributed by atoms with Crippen LogP contribution in [0.3, 0.4) is 0 Å². The molecule has 24 heavy (non-hydrogen) atoms. The normalized spacial score (nSPS) is 10.9. The maximum atomic E-state index is 14.0. The Balaban J connectivity index is 2.16. The van der Waals surface area contributed by atoms with E-state index in [-0.39, 0.29) is 28.1 Å². The first kappa shape index (κ1) is 16.1. The average molecular weight is 333 g/mol. The van der Waals surface area contributed by atoms with Crippen molar-refractivity contribution in [1.29, 1.82) is 0 Å². The van der Waals surface area contributed by atoms with E-state index in [2.05, 4.69) is 4.98 Å². The van der Waals surface area contributed by atoms with Crippen molar-refractivity contribution in [2.24, 2.45) is 0 Å². The van der Waals surface area contributed by atoms with Gasteiger partial charge in [-0.1, -0.05) is 24.3 Å². The van der Waals surface area contributed by atoms with Crippen molar-refractivity contribution in [3.8, 4) is 22.4 Å². The first-order valence-electron chi connectivity index (χ1n) is 7.02. The van der Waals surface area contributed by atoms with E-state index in [1.165, 1.54) is 36.4 Å². The topological polar surface area (TPSA) is 33.1 Å². The molecule has 1 aromatic heterocycles. The molecule has 0 aliphatic carbocycles. The summed E-state index contributed by atoms with van der Waals surface area (Å²) >= 11 is 0. The van der Waals surface area contributed by atoms with Crippen LogP contribution in [0.5, 0.6) is 0 Å². The zero-order valence-electron chi connectivity index (χ0n) is 12.2. The Labute approximate surface area is 135 Å². The molecule has 0 saturated carbocycles. The summed E-state index contributed by atoms with van der Waals surface area (Å²) in [4.78, 5) is 4.06. The third-order valence-corrected chi connectivity index (χ3v) is 3.59. The van der Waals surface area contributed by atoms with Crippen LogP contribution in [0.2, 0.25) is 0 Å². The van der Waals surface area contributed by atoms with Gasteiger partial charge < -0.3 is 5.11 Å². The number of hydrogen-bond acceptors (Lipinski definition) is 2. The van der Waals surface area contributed by atoms with Gasteiger partial charge in [0.15, 0.2) is 23.3 Å². The van der Waals surface area contributed by atoms with E-state index >= 15 is 0 Å². The lowest BCUT2D eigenvalue weighted by atomic mass is 10.0. The average Bonchev–Trinajstić information content (AvgIpc) is 2.59. The number of nitrogens with zero attached hydrogens (tertiary/aromatic N) is 1. The van der Waals surface area contributed by atoms with Crippen LogP contribution >= 0.6 is 0 Å². The van der Waals surface area contributed by atoms with Gasteiger partial charge in [0.2, 0.25) is 0 Å². The molecule has 1 N–H and O–H groups in total. The van der Waals surface area contributed by atoms with Crippen molar-refractivity contribution in [1.82, 2.24) is 4.98 Å². The maximum Gasteiger partial charge on any atom is 0.168 e. The number of aliphatic hydroxyl groups excluding tert-OH is 1. The minimum atomic E-state index is -1.07. The van der Waals surface area contributed by atoms with Gasteiger partial charge in [0.25, 0.3) is 0 Å². The smallest absolute Gasteiger partial charge is 0.168 e. The fourth-order valence-electron chi connectivity index (χ4n) is 2.43. The highest BCUT2D eigenvalue weighted by Gasteiger charge is 2.17. The second kappa shape index (κ2) is 6.41. The van der Waals surface area contributed by atoms with Gasteiger partial charge in [0.05, 0.1) is 18.0 Å². The van der Waals surface area contributed by atoms with Crippen LogP contribution in [-0.2, 0) is 6.61 Å². The minimum Gasteiger partial charge on any atom is -0.390 e. The first-order chi connectivity index (χ1) is 11.5. The molecule has 0 atom stereocenters. The quantitative estimate of drug-likeness (QED) is 0.718. The molecule has 0 aliphatic rings. The van der Waals surface area contributed by atoms with Gasteiger partial charge in [-0.25, -0.2) is 22.5 Å². The van der Waals surface area contributed by atoms with Crippen molar-refractivity contribution in [2.75, 3.05) is 0 Å². The summed E-state index contributed by atoms with van der Waals surface area (Å²) in [5, 5.41) is 9.49. The van der Waals surface area contributed by atoms with Crippen LogP contribution < -0.4 is 0 Å². The number of hydrogen-bond donors (Lipinski definition) is 1. The zero-order chi connectivity index (χ0) is 17.3. The third-order valence-electron chi connectivity index (χ3n) is 3.59. The molecule has 0 amide bonds. The predicted octanol–water partition coefficient (Wildman–Crippen LogP) is 4.46. The Bertz CT molecular complexity index is 912. The van der Waals surface area contributed by atoms with Gasteiger partial charge in [0.1, 0.15) is 0 Å². The van der Waals surface area contributed by atoms with Crippen molar-refractivity contribution in [3.05, 3.63) is 77.5 Å². The molecule has 0 unspecified atom stereocenters. The lowest BCUT2D eigenvalue weighted by Crippen LogP contribution is -2.00. The predicted molar refractivity (Wildman–Crippen MR) is 80.9 cm³/mol. The molecular weight excluding hydrogens is 322 g/mol. The molecule has 122 valence electrons. The van der Waals surface area contributed by atoms with Crippen molar-refractivity contribution in [2.45, 2.75) is 6.61 Å². The highest BCUT2D eigenvalue weighted by Crippen LogP contribution is 2.30. The van der Waals surface area contributed by atoms with E-state index in [9.17, 15) is 22.7 Å². The number of aliphatic hydroxyl groups is 1. The molecule has 0 fully saturated rings. The number of rotatable bonds is 3. The highest BCUT2D eigenvalue weighted by atomic mass is 19.2. The summed E-state index contributed by atoms with van der Waals surface area (Å²) in [6.45, 7) is -0.573. The molecule has 0 spiro atoms. The fraction of sp³-hybridized carbons (Fsp3) is 0.0556. The molecule has 1 heterocycles. The van der Waals surface area contributed by atoms with E-state index < -0.39 is 29.9 Å². The standard InChI is InChI=1S/C18H11F4NO/c19-13-5-1-3-11(17(13)21)10-7-8-15(23-16(10)9-24)12-4-2-6-14(20)18(12)22/h1-8,24H,9H2. The van der Waals surface area contributed by atoms with E-state index in [4.69, 9.17) is 0 Å².